The van der Waals surface area contributed by atoms with Crippen LogP contribution in [-0.2, 0) is 12.4 Å². The average molecular weight is 314 g/mol. The molecule has 0 aliphatic carbocycles. The van der Waals surface area contributed by atoms with E-state index >= 15 is 0 Å². The Hall–Kier alpha value is -0.510. The van der Waals surface area contributed by atoms with E-state index in [0.717, 1.165) is 11.0 Å². The summed E-state index contributed by atoms with van der Waals surface area (Å²) in [6, 6.07) is 0.705. The maximum absolute atomic E-state index is 4.60. The summed E-state index contributed by atoms with van der Waals surface area (Å²) in [5.41, 5.74) is 2.52. The van der Waals surface area contributed by atoms with Crippen molar-refractivity contribution >= 4 is 21.7 Å². The molecule has 2 rings (SSSR count). The number of hydrogen-bond acceptors (Lipinski definition) is 2. The van der Waals surface area contributed by atoms with E-state index in [4.69, 9.17) is 0 Å². The van der Waals surface area contributed by atoms with Crippen molar-refractivity contribution in [3.63, 3.8) is 0 Å². The molecule has 4 heteroatoms. The molecule has 0 spiro atoms. The van der Waals surface area contributed by atoms with E-state index in [1.165, 1.54) is 50.0 Å². The molecular formula is C14H24BrN3. The molecule has 1 saturated heterocycles. The summed E-state index contributed by atoms with van der Waals surface area (Å²) < 4.78 is 2.07. The molecule has 102 valence electrons. The van der Waals surface area contributed by atoms with Gasteiger partial charge in [0.1, 0.15) is 5.82 Å². The van der Waals surface area contributed by atoms with Crippen LogP contribution in [0.3, 0.4) is 0 Å². The van der Waals surface area contributed by atoms with Crippen molar-refractivity contribution in [1.82, 2.24) is 9.78 Å². The molecule has 0 bridgehead atoms. The first-order valence-electron chi connectivity index (χ1n) is 7.04. The van der Waals surface area contributed by atoms with Gasteiger partial charge in [-0.15, -0.1) is 0 Å². The molecule has 0 radical (unpaired) electrons. The van der Waals surface area contributed by atoms with Gasteiger partial charge in [-0.1, -0.05) is 29.3 Å². The topological polar surface area (TPSA) is 21.1 Å². The van der Waals surface area contributed by atoms with Gasteiger partial charge < -0.3 is 4.90 Å². The van der Waals surface area contributed by atoms with Gasteiger partial charge in [-0.05, 0) is 32.6 Å². The van der Waals surface area contributed by atoms with Crippen LogP contribution in [0.4, 0.5) is 5.82 Å². The summed E-state index contributed by atoms with van der Waals surface area (Å²) in [5, 5.41) is 5.50. The lowest BCUT2D eigenvalue weighted by atomic mass is 9.98. The van der Waals surface area contributed by atoms with E-state index in [0.29, 0.717) is 6.04 Å². The van der Waals surface area contributed by atoms with Gasteiger partial charge in [0.05, 0.1) is 5.69 Å². The Balaban J connectivity index is 2.32. The van der Waals surface area contributed by atoms with Crippen molar-refractivity contribution in [2.75, 3.05) is 11.4 Å². The average Bonchev–Trinajstić information content (AvgIpc) is 2.64. The molecule has 2 heterocycles. The zero-order chi connectivity index (χ0) is 13.1. The standard InChI is InChI=1S/C14H24BrN3/c1-4-7-12-8-5-6-9-18(12)14-13(10-15)11(2)16-17(14)3/h12H,4-10H2,1-3H3. The number of aryl methyl sites for hydroxylation is 2. The Morgan fingerprint density at radius 2 is 2.17 bits per heavy atom. The second-order valence-corrected chi connectivity index (χ2v) is 5.84. The molecule has 3 nitrogen and oxygen atoms in total. The number of anilines is 1. The fourth-order valence-electron chi connectivity index (χ4n) is 3.12. The third kappa shape index (κ3) is 2.58. The van der Waals surface area contributed by atoms with E-state index in [1.807, 2.05) is 0 Å². The largest absolute Gasteiger partial charge is 0.354 e. The summed E-state index contributed by atoms with van der Waals surface area (Å²) >= 11 is 3.62. The quantitative estimate of drug-likeness (QED) is 0.789. The minimum Gasteiger partial charge on any atom is -0.354 e. The zero-order valence-corrected chi connectivity index (χ0v) is 13.3. The summed E-state index contributed by atoms with van der Waals surface area (Å²) in [7, 11) is 2.08. The summed E-state index contributed by atoms with van der Waals surface area (Å²) in [4.78, 5) is 2.60. The van der Waals surface area contributed by atoms with Gasteiger partial charge in [-0.3, -0.25) is 4.68 Å². The van der Waals surface area contributed by atoms with E-state index in [-0.39, 0.29) is 0 Å². The first kappa shape index (κ1) is 13.9. The van der Waals surface area contributed by atoms with Gasteiger partial charge in [0.25, 0.3) is 0 Å². The van der Waals surface area contributed by atoms with Crippen molar-refractivity contribution in [1.29, 1.82) is 0 Å². The maximum atomic E-state index is 4.60. The minimum atomic E-state index is 0.705. The highest BCUT2D eigenvalue weighted by Gasteiger charge is 2.27. The molecular weight excluding hydrogens is 290 g/mol. The highest BCUT2D eigenvalue weighted by atomic mass is 79.9. The number of hydrogen-bond donors (Lipinski definition) is 0. The fourth-order valence-corrected chi connectivity index (χ4v) is 3.77. The Bertz CT molecular complexity index is 398. The summed E-state index contributed by atoms with van der Waals surface area (Å²) in [5.74, 6) is 1.34. The predicted molar refractivity (Wildman–Crippen MR) is 80.5 cm³/mol. The minimum absolute atomic E-state index is 0.705. The molecule has 0 saturated carbocycles. The van der Waals surface area contributed by atoms with Crippen molar-refractivity contribution in [3.8, 4) is 0 Å². The third-order valence-electron chi connectivity index (χ3n) is 3.97. The van der Waals surface area contributed by atoms with Gasteiger partial charge in [-0.25, -0.2) is 0 Å². The summed E-state index contributed by atoms with van der Waals surface area (Å²) in [6.07, 6.45) is 6.58. The van der Waals surface area contributed by atoms with Gasteiger partial charge in [0, 0.05) is 30.5 Å². The number of piperidine rings is 1. The number of aromatic nitrogens is 2. The predicted octanol–water partition coefficient (Wildman–Crippen LogP) is 3.78. The molecule has 0 aromatic carbocycles. The smallest absolute Gasteiger partial charge is 0.131 e. The maximum Gasteiger partial charge on any atom is 0.131 e. The fraction of sp³-hybridized carbons (Fsp3) is 0.786. The van der Waals surface area contributed by atoms with E-state index in [1.54, 1.807) is 0 Å². The van der Waals surface area contributed by atoms with Crippen molar-refractivity contribution in [3.05, 3.63) is 11.3 Å². The molecule has 1 aliphatic rings. The number of rotatable bonds is 4. The van der Waals surface area contributed by atoms with Gasteiger partial charge in [0.15, 0.2) is 0 Å². The van der Waals surface area contributed by atoms with Crippen LogP contribution < -0.4 is 4.90 Å². The van der Waals surface area contributed by atoms with Gasteiger partial charge in [-0.2, -0.15) is 5.10 Å². The second-order valence-electron chi connectivity index (χ2n) is 5.28. The SMILES string of the molecule is CCCC1CCCCN1c1c(CBr)c(C)nn1C. The molecule has 1 atom stereocenters. The second kappa shape index (κ2) is 6.09. The Morgan fingerprint density at radius 3 is 2.83 bits per heavy atom. The highest BCUT2D eigenvalue weighted by Crippen LogP contribution is 2.32. The molecule has 18 heavy (non-hydrogen) atoms. The third-order valence-corrected chi connectivity index (χ3v) is 4.53. The Morgan fingerprint density at radius 1 is 1.39 bits per heavy atom. The van der Waals surface area contributed by atoms with Crippen LogP contribution in [0.5, 0.6) is 0 Å². The van der Waals surface area contributed by atoms with E-state index < -0.39 is 0 Å². The van der Waals surface area contributed by atoms with Crippen LogP contribution in [-0.4, -0.2) is 22.4 Å². The Labute approximate surface area is 119 Å². The van der Waals surface area contributed by atoms with Crippen LogP contribution >= 0.6 is 15.9 Å². The molecule has 1 fully saturated rings. The lowest BCUT2D eigenvalue weighted by molar-refractivity contribution is 0.426. The molecule has 1 unspecified atom stereocenters. The van der Waals surface area contributed by atoms with Crippen molar-refractivity contribution < 1.29 is 0 Å². The van der Waals surface area contributed by atoms with Crippen LogP contribution in [0, 0.1) is 6.92 Å². The number of nitrogens with zero attached hydrogens (tertiary/aromatic N) is 3. The highest BCUT2D eigenvalue weighted by molar-refractivity contribution is 9.08. The van der Waals surface area contributed by atoms with Crippen molar-refractivity contribution in [2.45, 2.75) is 57.3 Å². The first-order valence-corrected chi connectivity index (χ1v) is 8.16. The lowest BCUT2D eigenvalue weighted by Crippen LogP contribution is -2.41. The monoisotopic (exact) mass is 313 g/mol. The number of alkyl halides is 1. The summed E-state index contributed by atoms with van der Waals surface area (Å²) in [6.45, 7) is 5.58. The Kier molecular flexibility index (Phi) is 4.71. The number of halogens is 1. The van der Waals surface area contributed by atoms with Gasteiger partial charge in [0.2, 0.25) is 0 Å². The van der Waals surface area contributed by atoms with E-state index in [9.17, 15) is 0 Å². The molecule has 0 amide bonds. The van der Waals surface area contributed by atoms with Crippen LogP contribution in [0.15, 0.2) is 0 Å². The van der Waals surface area contributed by atoms with Gasteiger partial charge >= 0.3 is 0 Å². The van der Waals surface area contributed by atoms with Crippen molar-refractivity contribution in [2.24, 2.45) is 7.05 Å². The van der Waals surface area contributed by atoms with Crippen LogP contribution in [0.25, 0.3) is 0 Å². The molecule has 1 aromatic rings. The molecule has 0 N–H and O–H groups in total. The van der Waals surface area contributed by atoms with Crippen LogP contribution in [0.1, 0.15) is 50.3 Å². The normalized spacial score (nSPS) is 20.4. The molecule has 1 aromatic heterocycles. The zero-order valence-electron chi connectivity index (χ0n) is 11.7. The lowest BCUT2D eigenvalue weighted by Gasteiger charge is -2.38. The molecule has 1 aliphatic heterocycles. The van der Waals surface area contributed by atoms with E-state index in [2.05, 4.69) is 51.5 Å². The first-order chi connectivity index (χ1) is 8.69. The van der Waals surface area contributed by atoms with Crippen LogP contribution in [0.2, 0.25) is 0 Å².